The first-order valence-corrected chi connectivity index (χ1v) is 10.2. The van der Waals surface area contributed by atoms with Crippen molar-refractivity contribution >= 4 is 15.7 Å². The Bertz CT molecular complexity index is 766. The number of sulfone groups is 1. The Morgan fingerprint density at radius 2 is 1.92 bits per heavy atom. The summed E-state index contributed by atoms with van der Waals surface area (Å²) >= 11 is 0. The number of hydrogen-bond acceptors (Lipinski definition) is 4. The Kier molecular flexibility index (Phi) is 5.24. The SMILES string of the molecule is O=C1C(S(=O)(=O)C2C=CC(C3C=CC(F)=CC3)=CC2)CCCCN1O. The Morgan fingerprint density at radius 3 is 2.56 bits per heavy atom. The molecule has 2 aliphatic carbocycles. The predicted octanol–water partition coefficient (Wildman–Crippen LogP) is 2.86. The lowest BCUT2D eigenvalue weighted by Gasteiger charge is -2.25. The molecule has 0 spiro atoms. The van der Waals surface area contributed by atoms with Gasteiger partial charge in [0.25, 0.3) is 5.91 Å². The molecular weight excluding hydrogens is 345 g/mol. The van der Waals surface area contributed by atoms with Crippen LogP contribution in [0.25, 0.3) is 0 Å². The van der Waals surface area contributed by atoms with E-state index in [2.05, 4.69) is 0 Å². The summed E-state index contributed by atoms with van der Waals surface area (Å²) in [6.07, 6.45) is 12.2. The van der Waals surface area contributed by atoms with Crippen LogP contribution in [0.1, 0.15) is 32.1 Å². The molecule has 7 heteroatoms. The van der Waals surface area contributed by atoms with Crippen LogP contribution in [0.4, 0.5) is 4.39 Å². The first-order chi connectivity index (χ1) is 11.9. The van der Waals surface area contributed by atoms with Gasteiger partial charge in [0.1, 0.15) is 11.1 Å². The van der Waals surface area contributed by atoms with Gasteiger partial charge < -0.3 is 0 Å². The van der Waals surface area contributed by atoms with Crippen LogP contribution in [-0.4, -0.2) is 41.6 Å². The van der Waals surface area contributed by atoms with Crippen molar-refractivity contribution in [3.05, 3.63) is 47.9 Å². The molecule has 0 saturated carbocycles. The van der Waals surface area contributed by atoms with Crippen molar-refractivity contribution in [3.8, 4) is 0 Å². The second-order valence-corrected chi connectivity index (χ2v) is 9.02. The number of hydroxylamine groups is 2. The molecule has 1 aliphatic heterocycles. The summed E-state index contributed by atoms with van der Waals surface area (Å²) in [5.41, 5.74) is 0.961. The van der Waals surface area contributed by atoms with Gasteiger partial charge in [-0.1, -0.05) is 24.3 Å². The van der Waals surface area contributed by atoms with Crippen LogP contribution in [0.5, 0.6) is 0 Å². The van der Waals surface area contributed by atoms with Gasteiger partial charge in [0.15, 0.2) is 9.84 Å². The molecule has 3 atom stereocenters. The smallest absolute Gasteiger partial charge is 0.264 e. The summed E-state index contributed by atoms with van der Waals surface area (Å²) < 4.78 is 38.8. The van der Waals surface area contributed by atoms with Gasteiger partial charge in [-0.15, -0.1) is 0 Å². The van der Waals surface area contributed by atoms with Crippen molar-refractivity contribution in [3.63, 3.8) is 0 Å². The summed E-state index contributed by atoms with van der Waals surface area (Å²) in [4.78, 5) is 12.2. The number of halogens is 1. The van der Waals surface area contributed by atoms with Gasteiger partial charge in [-0.05, 0) is 49.8 Å². The quantitative estimate of drug-likeness (QED) is 0.779. The summed E-state index contributed by atoms with van der Waals surface area (Å²) in [6.45, 7) is 0.174. The molecule has 0 bridgehead atoms. The standard InChI is InChI=1S/C18H22FNO4S/c19-15-8-4-13(5-9-15)14-6-10-16(11-7-14)25(23,24)17-3-1-2-12-20(22)18(17)21/h4,6-10,13,16-17,22H,1-3,5,11-12H2. The molecule has 1 saturated heterocycles. The van der Waals surface area contributed by atoms with E-state index in [0.717, 1.165) is 5.57 Å². The van der Waals surface area contributed by atoms with E-state index in [-0.39, 0.29) is 24.7 Å². The average Bonchev–Trinajstić information content (AvgIpc) is 2.78. The maximum atomic E-state index is 13.1. The fourth-order valence-electron chi connectivity index (χ4n) is 3.48. The first-order valence-electron chi connectivity index (χ1n) is 8.54. The minimum atomic E-state index is -3.73. The lowest BCUT2D eigenvalue weighted by atomic mass is 9.89. The molecule has 136 valence electrons. The summed E-state index contributed by atoms with van der Waals surface area (Å²) in [5.74, 6) is -0.930. The van der Waals surface area contributed by atoms with Crippen LogP contribution in [0, 0.1) is 5.92 Å². The van der Waals surface area contributed by atoms with Crippen LogP contribution < -0.4 is 0 Å². The molecule has 1 fully saturated rings. The molecule has 3 aliphatic rings. The average molecular weight is 367 g/mol. The summed E-state index contributed by atoms with van der Waals surface area (Å²) in [7, 11) is -3.73. The van der Waals surface area contributed by atoms with Crippen molar-refractivity contribution in [1.29, 1.82) is 0 Å². The highest BCUT2D eigenvalue weighted by Crippen LogP contribution is 2.31. The zero-order valence-corrected chi connectivity index (χ0v) is 14.7. The molecule has 3 unspecified atom stereocenters. The Labute approximate surface area is 147 Å². The van der Waals surface area contributed by atoms with Gasteiger partial charge in [0, 0.05) is 12.5 Å². The lowest BCUT2D eigenvalue weighted by molar-refractivity contribution is -0.163. The highest BCUT2D eigenvalue weighted by Gasteiger charge is 2.40. The Hall–Kier alpha value is -1.73. The zero-order valence-electron chi connectivity index (χ0n) is 13.8. The zero-order chi connectivity index (χ0) is 18.0. The maximum Gasteiger partial charge on any atom is 0.264 e. The van der Waals surface area contributed by atoms with Crippen molar-refractivity contribution in [2.75, 3.05) is 6.54 Å². The largest absolute Gasteiger partial charge is 0.286 e. The predicted molar refractivity (Wildman–Crippen MR) is 92.1 cm³/mol. The van der Waals surface area contributed by atoms with Crippen molar-refractivity contribution in [1.82, 2.24) is 5.06 Å². The van der Waals surface area contributed by atoms with E-state index in [1.807, 2.05) is 6.08 Å². The maximum absolute atomic E-state index is 13.1. The molecule has 3 rings (SSSR count). The molecule has 1 amide bonds. The second kappa shape index (κ2) is 7.25. The Balaban J connectivity index is 1.72. The monoisotopic (exact) mass is 367 g/mol. The summed E-state index contributed by atoms with van der Waals surface area (Å²) in [6, 6.07) is 0. The van der Waals surface area contributed by atoms with Crippen LogP contribution in [0.3, 0.4) is 0 Å². The number of nitrogens with zero attached hydrogens (tertiary/aromatic N) is 1. The molecule has 5 nitrogen and oxygen atoms in total. The van der Waals surface area contributed by atoms with Crippen LogP contribution >= 0.6 is 0 Å². The molecule has 1 heterocycles. The van der Waals surface area contributed by atoms with E-state index in [1.54, 1.807) is 18.2 Å². The van der Waals surface area contributed by atoms with Gasteiger partial charge >= 0.3 is 0 Å². The first kappa shape index (κ1) is 18.1. The lowest BCUT2D eigenvalue weighted by Crippen LogP contribution is -2.43. The van der Waals surface area contributed by atoms with Gasteiger partial charge in [-0.25, -0.2) is 17.9 Å². The highest BCUT2D eigenvalue weighted by molar-refractivity contribution is 7.93. The van der Waals surface area contributed by atoms with Gasteiger partial charge in [-0.2, -0.15) is 0 Å². The van der Waals surface area contributed by atoms with Crippen molar-refractivity contribution in [2.24, 2.45) is 5.92 Å². The molecule has 0 radical (unpaired) electrons. The number of allylic oxidation sites excluding steroid dienone is 7. The molecule has 0 aromatic carbocycles. The van der Waals surface area contributed by atoms with E-state index in [9.17, 15) is 22.8 Å². The topological polar surface area (TPSA) is 74.7 Å². The number of hydrogen-bond donors (Lipinski definition) is 1. The molecule has 0 aromatic rings. The third-order valence-electron chi connectivity index (χ3n) is 5.01. The molecule has 1 N–H and O–H groups in total. The van der Waals surface area contributed by atoms with E-state index < -0.39 is 26.2 Å². The van der Waals surface area contributed by atoms with E-state index >= 15 is 0 Å². The van der Waals surface area contributed by atoms with E-state index in [1.165, 1.54) is 12.2 Å². The number of carbonyl (C=O) groups excluding carboxylic acids is 1. The van der Waals surface area contributed by atoms with E-state index in [0.29, 0.717) is 30.7 Å². The third-order valence-corrected chi connectivity index (χ3v) is 7.43. The number of rotatable bonds is 3. The summed E-state index contributed by atoms with van der Waals surface area (Å²) in [5, 5.41) is 8.26. The minimum Gasteiger partial charge on any atom is -0.286 e. The molecule has 25 heavy (non-hydrogen) atoms. The van der Waals surface area contributed by atoms with Crippen molar-refractivity contribution in [2.45, 2.75) is 42.6 Å². The van der Waals surface area contributed by atoms with Gasteiger partial charge in [0.05, 0.1) is 5.25 Å². The third kappa shape index (κ3) is 3.77. The minimum absolute atomic E-state index is 0.0480. The highest BCUT2D eigenvalue weighted by atomic mass is 32.2. The fraction of sp³-hybridized carbons (Fsp3) is 0.500. The molecule has 0 aromatic heterocycles. The normalized spacial score (nSPS) is 30.7. The fourth-order valence-corrected chi connectivity index (χ4v) is 5.47. The van der Waals surface area contributed by atoms with Crippen LogP contribution in [0.15, 0.2) is 47.9 Å². The number of carbonyl (C=O) groups is 1. The van der Waals surface area contributed by atoms with Gasteiger partial charge in [-0.3, -0.25) is 10.0 Å². The van der Waals surface area contributed by atoms with Gasteiger partial charge in [0.2, 0.25) is 0 Å². The second-order valence-electron chi connectivity index (χ2n) is 6.66. The van der Waals surface area contributed by atoms with Crippen LogP contribution in [0.2, 0.25) is 0 Å². The van der Waals surface area contributed by atoms with Crippen molar-refractivity contribution < 1.29 is 22.8 Å². The number of amides is 1. The molecular formula is C18H22FNO4S. The van der Waals surface area contributed by atoms with Crippen LogP contribution in [-0.2, 0) is 14.6 Å². The van der Waals surface area contributed by atoms with E-state index in [4.69, 9.17) is 0 Å². The Morgan fingerprint density at radius 1 is 1.12 bits per heavy atom.